The van der Waals surface area contributed by atoms with Crippen molar-refractivity contribution in [1.82, 2.24) is 10.2 Å². The number of carbonyl (C=O) groups excluding carboxylic acids is 1. The first-order valence-corrected chi connectivity index (χ1v) is 6.98. The Balaban J connectivity index is 2.44. The number of hydrogen-bond acceptors (Lipinski definition) is 5. The summed E-state index contributed by atoms with van der Waals surface area (Å²) < 4.78 is 10.5. The lowest BCUT2D eigenvalue weighted by molar-refractivity contribution is -0.146. The molecule has 0 aromatic carbocycles. The number of nitrogens with one attached hydrogen (secondary N) is 1. The van der Waals surface area contributed by atoms with E-state index in [0.717, 1.165) is 45.7 Å². The molecule has 0 saturated carbocycles. The van der Waals surface area contributed by atoms with Gasteiger partial charge in [0.15, 0.2) is 0 Å². The Morgan fingerprint density at radius 2 is 2.22 bits per heavy atom. The topological polar surface area (TPSA) is 50.8 Å². The lowest BCUT2D eigenvalue weighted by Gasteiger charge is -2.25. The van der Waals surface area contributed by atoms with E-state index in [1.54, 1.807) is 0 Å². The standard InChI is InChI=1S/C13H26N2O3/c1-3-6-14-12(13(16)18-4-2)11-15-7-5-9-17-10-8-15/h12,14H,3-11H2,1-2H3. The van der Waals surface area contributed by atoms with E-state index in [1.807, 2.05) is 6.92 Å². The summed E-state index contributed by atoms with van der Waals surface area (Å²) in [6.07, 6.45) is 2.04. The molecule has 0 aromatic heterocycles. The zero-order valence-electron chi connectivity index (χ0n) is 11.6. The third-order valence-corrected chi connectivity index (χ3v) is 2.97. The van der Waals surface area contributed by atoms with Gasteiger partial charge < -0.3 is 14.8 Å². The van der Waals surface area contributed by atoms with Gasteiger partial charge in [-0.05, 0) is 26.3 Å². The van der Waals surface area contributed by atoms with Gasteiger partial charge in [-0.25, -0.2) is 0 Å². The van der Waals surface area contributed by atoms with Crippen LogP contribution in [0.5, 0.6) is 0 Å². The van der Waals surface area contributed by atoms with Gasteiger partial charge in [0.2, 0.25) is 0 Å². The Morgan fingerprint density at radius 1 is 1.39 bits per heavy atom. The van der Waals surface area contributed by atoms with Crippen LogP contribution in [-0.2, 0) is 14.3 Å². The van der Waals surface area contributed by atoms with Crippen LogP contribution >= 0.6 is 0 Å². The Hall–Kier alpha value is -0.650. The molecule has 1 saturated heterocycles. The quantitative estimate of drug-likeness (QED) is 0.679. The van der Waals surface area contributed by atoms with Gasteiger partial charge in [-0.15, -0.1) is 0 Å². The molecule has 1 fully saturated rings. The Morgan fingerprint density at radius 3 is 2.94 bits per heavy atom. The SMILES string of the molecule is CCCNC(CN1CCCOCC1)C(=O)OCC. The molecular formula is C13H26N2O3. The van der Waals surface area contributed by atoms with Gasteiger partial charge in [0.1, 0.15) is 6.04 Å². The fourth-order valence-corrected chi connectivity index (χ4v) is 2.02. The Bertz CT molecular complexity index is 228. The Labute approximate surface area is 110 Å². The normalized spacial score (nSPS) is 19.2. The fourth-order valence-electron chi connectivity index (χ4n) is 2.02. The van der Waals surface area contributed by atoms with Crippen LogP contribution in [-0.4, -0.2) is 62.9 Å². The van der Waals surface area contributed by atoms with Crippen LogP contribution in [0.2, 0.25) is 0 Å². The van der Waals surface area contributed by atoms with Gasteiger partial charge in [-0.2, -0.15) is 0 Å². The molecule has 1 heterocycles. The van der Waals surface area contributed by atoms with Crippen molar-refractivity contribution in [3.05, 3.63) is 0 Å². The molecule has 1 unspecified atom stereocenters. The van der Waals surface area contributed by atoms with Crippen molar-refractivity contribution in [3.63, 3.8) is 0 Å². The minimum Gasteiger partial charge on any atom is -0.465 e. The van der Waals surface area contributed by atoms with E-state index in [-0.39, 0.29) is 12.0 Å². The van der Waals surface area contributed by atoms with E-state index in [9.17, 15) is 4.79 Å². The molecule has 5 heteroatoms. The lowest BCUT2D eigenvalue weighted by Crippen LogP contribution is -2.47. The average molecular weight is 258 g/mol. The predicted molar refractivity (Wildman–Crippen MR) is 70.6 cm³/mol. The van der Waals surface area contributed by atoms with Gasteiger partial charge >= 0.3 is 5.97 Å². The molecule has 0 aliphatic carbocycles. The summed E-state index contributed by atoms with van der Waals surface area (Å²) >= 11 is 0. The van der Waals surface area contributed by atoms with Crippen molar-refractivity contribution in [2.45, 2.75) is 32.7 Å². The fraction of sp³-hybridized carbons (Fsp3) is 0.923. The minimum atomic E-state index is -0.219. The number of carbonyl (C=O) groups is 1. The highest BCUT2D eigenvalue weighted by atomic mass is 16.5. The molecule has 5 nitrogen and oxygen atoms in total. The van der Waals surface area contributed by atoms with Crippen LogP contribution < -0.4 is 5.32 Å². The Kier molecular flexibility index (Phi) is 7.96. The third kappa shape index (κ3) is 5.80. The van der Waals surface area contributed by atoms with Gasteiger partial charge in [0.05, 0.1) is 13.2 Å². The van der Waals surface area contributed by atoms with Crippen LogP contribution in [0.3, 0.4) is 0 Å². The van der Waals surface area contributed by atoms with Crippen LogP contribution in [0.25, 0.3) is 0 Å². The third-order valence-electron chi connectivity index (χ3n) is 2.97. The molecule has 0 radical (unpaired) electrons. The second-order valence-electron chi connectivity index (χ2n) is 4.53. The first-order chi connectivity index (χ1) is 8.77. The first kappa shape index (κ1) is 15.4. The number of esters is 1. The van der Waals surface area contributed by atoms with Crippen molar-refractivity contribution in [3.8, 4) is 0 Å². The van der Waals surface area contributed by atoms with Gasteiger partial charge in [-0.3, -0.25) is 9.69 Å². The first-order valence-electron chi connectivity index (χ1n) is 6.98. The summed E-state index contributed by atoms with van der Waals surface area (Å²) in [7, 11) is 0. The summed E-state index contributed by atoms with van der Waals surface area (Å²) in [5.74, 6) is -0.142. The highest BCUT2D eigenvalue weighted by Gasteiger charge is 2.22. The second-order valence-corrected chi connectivity index (χ2v) is 4.53. The van der Waals surface area contributed by atoms with E-state index >= 15 is 0 Å². The highest BCUT2D eigenvalue weighted by Crippen LogP contribution is 2.02. The average Bonchev–Trinajstić information content (AvgIpc) is 2.63. The maximum absolute atomic E-state index is 11.9. The molecular weight excluding hydrogens is 232 g/mol. The summed E-state index contributed by atoms with van der Waals surface area (Å²) in [4.78, 5) is 14.1. The molecule has 1 rings (SSSR count). The number of nitrogens with zero attached hydrogens (tertiary/aromatic N) is 1. The summed E-state index contributed by atoms with van der Waals surface area (Å²) in [6, 6.07) is -0.219. The number of ether oxygens (including phenoxy) is 2. The summed E-state index contributed by atoms with van der Waals surface area (Å²) in [5.41, 5.74) is 0. The van der Waals surface area contributed by atoms with Crippen molar-refractivity contribution >= 4 is 5.97 Å². The van der Waals surface area contributed by atoms with Gasteiger partial charge in [0, 0.05) is 26.2 Å². The van der Waals surface area contributed by atoms with E-state index in [1.165, 1.54) is 0 Å². The molecule has 0 amide bonds. The predicted octanol–water partition coefficient (Wildman–Crippen LogP) is 0.640. The van der Waals surface area contributed by atoms with Crippen molar-refractivity contribution < 1.29 is 14.3 Å². The minimum absolute atomic E-state index is 0.142. The highest BCUT2D eigenvalue weighted by molar-refractivity contribution is 5.76. The largest absolute Gasteiger partial charge is 0.465 e. The van der Waals surface area contributed by atoms with E-state index in [4.69, 9.17) is 9.47 Å². The second kappa shape index (κ2) is 9.30. The monoisotopic (exact) mass is 258 g/mol. The van der Waals surface area contributed by atoms with E-state index < -0.39 is 0 Å². The molecule has 1 aliphatic heterocycles. The van der Waals surface area contributed by atoms with Crippen LogP contribution in [0.4, 0.5) is 0 Å². The number of rotatable bonds is 7. The lowest BCUT2D eigenvalue weighted by atomic mass is 10.2. The zero-order valence-corrected chi connectivity index (χ0v) is 11.6. The summed E-state index contributed by atoms with van der Waals surface area (Å²) in [6.45, 7) is 9.38. The number of hydrogen-bond donors (Lipinski definition) is 1. The van der Waals surface area contributed by atoms with Crippen molar-refractivity contribution in [2.24, 2.45) is 0 Å². The molecule has 0 bridgehead atoms. The van der Waals surface area contributed by atoms with E-state index in [0.29, 0.717) is 13.2 Å². The van der Waals surface area contributed by atoms with Crippen LogP contribution in [0.15, 0.2) is 0 Å². The molecule has 0 spiro atoms. The smallest absolute Gasteiger partial charge is 0.324 e. The van der Waals surface area contributed by atoms with Crippen molar-refractivity contribution in [1.29, 1.82) is 0 Å². The van der Waals surface area contributed by atoms with Gasteiger partial charge in [-0.1, -0.05) is 6.92 Å². The molecule has 1 atom stereocenters. The van der Waals surface area contributed by atoms with Crippen LogP contribution in [0.1, 0.15) is 26.7 Å². The summed E-state index contributed by atoms with van der Waals surface area (Å²) in [5, 5.41) is 3.26. The van der Waals surface area contributed by atoms with E-state index in [2.05, 4.69) is 17.1 Å². The maximum Gasteiger partial charge on any atom is 0.324 e. The molecule has 106 valence electrons. The van der Waals surface area contributed by atoms with Crippen LogP contribution in [0, 0.1) is 0 Å². The zero-order chi connectivity index (χ0) is 13.2. The van der Waals surface area contributed by atoms with Crippen molar-refractivity contribution in [2.75, 3.05) is 46.0 Å². The maximum atomic E-state index is 11.9. The molecule has 0 aromatic rings. The van der Waals surface area contributed by atoms with Gasteiger partial charge in [0.25, 0.3) is 0 Å². The molecule has 1 aliphatic rings. The molecule has 1 N–H and O–H groups in total. The molecule has 18 heavy (non-hydrogen) atoms.